The number of amides is 1. The van der Waals surface area contributed by atoms with Crippen LogP contribution in [0, 0.1) is 19.3 Å². The number of benzene rings is 2. The predicted molar refractivity (Wildman–Crippen MR) is 99.1 cm³/mol. The number of nitrogens with zero attached hydrogens (tertiary/aromatic N) is 1. The summed E-state index contributed by atoms with van der Waals surface area (Å²) in [6.45, 7) is 9.77. The Kier molecular flexibility index (Phi) is 3.91. The number of anilines is 1. The summed E-state index contributed by atoms with van der Waals surface area (Å²) < 4.78 is 0. The summed E-state index contributed by atoms with van der Waals surface area (Å²) in [4.78, 5) is 20.3. The maximum absolute atomic E-state index is 12.3. The molecule has 2 aromatic carbocycles. The lowest BCUT2D eigenvalue weighted by Crippen LogP contribution is -2.27. The average Bonchev–Trinajstić information content (AvgIpc) is 2.91. The van der Waals surface area contributed by atoms with Crippen molar-refractivity contribution in [1.29, 1.82) is 0 Å². The van der Waals surface area contributed by atoms with Gasteiger partial charge in [0, 0.05) is 16.7 Å². The van der Waals surface area contributed by atoms with Crippen molar-refractivity contribution in [1.82, 2.24) is 9.97 Å². The Morgan fingerprint density at radius 2 is 1.83 bits per heavy atom. The van der Waals surface area contributed by atoms with Gasteiger partial charge < -0.3 is 10.3 Å². The molecule has 2 N–H and O–H groups in total. The molecule has 0 aliphatic carbocycles. The maximum Gasteiger partial charge on any atom is 0.229 e. The number of fused-ring (bicyclic) bond motifs is 1. The lowest BCUT2D eigenvalue weighted by atomic mass is 9.95. The standard InChI is InChI=1S/C20H23N3O/c1-12-6-9-15-17(10-12)22-18(21-15)14-8-7-13(2)16(11-14)23-19(24)20(3,4)5/h6-11H,1-5H3,(H,21,22)(H,23,24). The van der Waals surface area contributed by atoms with Crippen LogP contribution >= 0.6 is 0 Å². The molecule has 3 aromatic rings. The minimum absolute atomic E-state index is 0.00276. The van der Waals surface area contributed by atoms with E-state index in [-0.39, 0.29) is 5.91 Å². The maximum atomic E-state index is 12.3. The van der Waals surface area contributed by atoms with Crippen molar-refractivity contribution in [3.63, 3.8) is 0 Å². The van der Waals surface area contributed by atoms with Crippen molar-refractivity contribution < 1.29 is 4.79 Å². The van der Waals surface area contributed by atoms with Gasteiger partial charge in [-0.15, -0.1) is 0 Å². The first kappa shape index (κ1) is 16.2. The number of hydrogen-bond donors (Lipinski definition) is 2. The van der Waals surface area contributed by atoms with Crippen molar-refractivity contribution in [2.75, 3.05) is 5.32 Å². The molecular weight excluding hydrogens is 298 g/mol. The molecular formula is C20H23N3O. The number of aromatic amines is 1. The third-order valence-corrected chi connectivity index (χ3v) is 4.08. The van der Waals surface area contributed by atoms with E-state index in [1.807, 2.05) is 52.0 Å². The SMILES string of the molecule is Cc1ccc2nc(-c3ccc(C)c(NC(=O)C(C)(C)C)c3)[nH]c2c1. The first-order valence-corrected chi connectivity index (χ1v) is 8.13. The molecule has 0 saturated heterocycles. The van der Waals surface area contributed by atoms with E-state index in [0.29, 0.717) is 0 Å². The molecule has 0 saturated carbocycles. The van der Waals surface area contributed by atoms with Gasteiger partial charge in [-0.05, 0) is 43.2 Å². The number of aromatic nitrogens is 2. The fraction of sp³-hybridized carbons (Fsp3) is 0.300. The van der Waals surface area contributed by atoms with Gasteiger partial charge in [-0.25, -0.2) is 4.98 Å². The van der Waals surface area contributed by atoms with Crippen LogP contribution in [0.15, 0.2) is 36.4 Å². The minimum atomic E-state index is -0.431. The molecule has 1 heterocycles. The van der Waals surface area contributed by atoms with Crippen molar-refractivity contribution in [3.8, 4) is 11.4 Å². The highest BCUT2D eigenvalue weighted by atomic mass is 16.2. The van der Waals surface area contributed by atoms with E-state index in [2.05, 4.69) is 34.3 Å². The molecule has 3 rings (SSSR count). The van der Waals surface area contributed by atoms with Gasteiger partial charge in [0.2, 0.25) is 5.91 Å². The molecule has 124 valence electrons. The van der Waals surface area contributed by atoms with E-state index in [1.54, 1.807) is 0 Å². The summed E-state index contributed by atoms with van der Waals surface area (Å²) in [5, 5.41) is 3.02. The molecule has 0 unspecified atom stereocenters. The van der Waals surface area contributed by atoms with E-state index >= 15 is 0 Å². The molecule has 4 heteroatoms. The summed E-state index contributed by atoms with van der Waals surface area (Å²) in [5.74, 6) is 0.810. The van der Waals surface area contributed by atoms with Crippen LogP contribution in [0.25, 0.3) is 22.4 Å². The summed E-state index contributed by atoms with van der Waals surface area (Å²) in [7, 11) is 0. The second-order valence-electron chi connectivity index (χ2n) is 7.34. The third kappa shape index (κ3) is 3.18. The van der Waals surface area contributed by atoms with Crippen LogP contribution in [-0.2, 0) is 4.79 Å². The van der Waals surface area contributed by atoms with E-state index in [1.165, 1.54) is 5.56 Å². The van der Waals surface area contributed by atoms with Gasteiger partial charge in [0.1, 0.15) is 5.82 Å². The number of carbonyl (C=O) groups is 1. The number of carbonyl (C=O) groups excluding carboxylic acids is 1. The quantitative estimate of drug-likeness (QED) is 0.710. The summed E-state index contributed by atoms with van der Waals surface area (Å²) in [5.41, 5.74) is 5.53. The van der Waals surface area contributed by atoms with Gasteiger partial charge in [0.05, 0.1) is 11.0 Å². The van der Waals surface area contributed by atoms with E-state index in [9.17, 15) is 4.79 Å². The van der Waals surface area contributed by atoms with Crippen molar-refractivity contribution in [2.45, 2.75) is 34.6 Å². The number of aryl methyl sites for hydroxylation is 2. The zero-order chi connectivity index (χ0) is 17.5. The van der Waals surface area contributed by atoms with E-state index < -0.39 is 5.41 Å². The number of hydrogen-bond acceptors (Lipinski definition) is 2. The van der Waals surface area contributed by atoms with Crippen LogP contribution in [0.5, 0.6) is 0 Å². The van der Waals surface area contributed by atoms with Crippen LogP contribution in [0.4, 0.5) is 5.69 Å². The first-order valence-electron chi connectivity index (χ1n) is 8.13. The smallest absolute Gasteiger partial charge is 0.229 e. The van der Waals surface area contributed by atoms with Gasteiger partial charge >= 0.3 is 0 Å². The Bertz CT molecular complexity index is 916. The average molecular weight is 321 g/mol. The van der Waals surface area contributed by atoms with Crippen LogP contribution in [0.2, 0.25) is 0 Å². The fourth-order valence-electron chi connectivity index (χ4n) is 2.47. The Labute approximate surface area is 142 Å². The molecule has 0 atom stereocenters. The molecule has 1 amide bonds. The highest BCUT2D eigenvalue weighted by Crippen LogP contribution is 2.27. The Morgan fingerprint density at radius 3 is 2.54 bits per heavy atom. The molecule has 0 fully saturated rings. The van der Waals surface area contributed by atoms with Crippen molar-refractivity contribution in [3.05, 3.63) is 47.5 Å². The van der Waals surface area contributed by atoms with Gasteiger partial charge in [0.15, 0.2) is 0 Å². The fourth-order valence-corrected chi connectivity index (χ4v) is 2.47. The van der Waals surface area contributed by atoms with Crippen LogP contribution in [0.3, 0.4) is 0 Å². The normalized spacial score (nSPS) is 11.7. The largest absolute Gasteiger partial charge is 0.338 e. The molecule has 0 spiro atoms. The number of H-pyrrole nitrogens is 1. The van der Waals surface area contributed by atoms with Gasteiger partial charge in [-0.3, -0.25) is 4.79 Å². The Morgan fingerprint density at radius 1 is 1.08 bits per heavy atom. The highest BCUT2D eigenvalue weighted by molar-refractivity contribution is 5.95. The Balaban J connectivity index is 1.99. The first-order chi connectivity index (χ1) is 11.2. The van der Waals surface area contributed by atoms with Gasteiger partial charge in [0.25, 0.3) is 0 Å². The number of nitrogens with one attached hydrogen (secondary N) is 2. The second kappa shape index (κ2) is 5.78. The number of rotatable bonds is 2. The number of imidazole rings is 1. The summed E-state index contributed by atoms with van der Waals surface area (Å²) >= 11 is 0. The Hall–Kier alpha value is -2.62. The minimum Gasteiger partial charge on any atom is -0.338 e. The zero-order valence-corrected chi connectivity index (χ0v) is 14.8. The lowest BCUT2D eigenvalue weighted by molar-refractivity contribution is -0.123. The second-order valence-corrected chi connectivity index (χ2v) is 7.34. The molecule has 1 aromatic heterocycles. The van der Waals surface area contributed by atoms with Crippen LogP contribution in [0.1, 0.15) is 31.9 Å². The van der Waals surface area contributed by atoms with Crippen molar-refractivity contribution >= 4 is 22.6 Å². The molecule has 0 radical (unpaired) electrons. The van der Waals surface area contributed by atoms with Crippen molar-refractivity contribution in [2.24, 2.45) is 5.41 Å². The monoisotopic (exact) mass is 321 g/mol. The summed E-state index contributed by atoms with van der Waals surface area (Å²) in [6, 6.07) is 12.2. The highest BCUT2D eigenvalue weighted by Gasteiger charge is 2.22. The van der Waals surface area contributed by atoms with Crippen LogP contribution in [-0.4, -0.2) is 15.9 Å². The zero-order valence-electron chi connectivity index (χ0n) is 14.8. The van der Waals surface area contributed by atoms with E-state index in [0.717, 1.165) is 33.7 Å². The third-order valence-electron chi connectivity index (χ3n) is 4.08. The molecule has 0 aliphatic heterocycles. The predicted octanol–water partition coefficient (Wildman–Crippen LogP) is 4.83. The molecule has 0 aliphatic rings. The topological polar surface area (TPSA) is 57.8 Å². The summed E-state index contributed by atoms with van der Waals surface area (Å²) in [6.07, 6.45) is 0. The molecule has 24 heavy (non-hydrogen) atoms. The van der Waals surface area contributed by atoms with Crippen LogP contribution < -0.4 is 5.32 Å². The van der Waals surface area contributed by atoms with Gasteiger partial charge in [-0.1, -0.05) is 39.0 Å². The van der Waals surface area contributed by atoms with Gasteiger partial charge in [-0.2, -0.15) is 0 Å². The lowest BCUT2D eigenvalue weighted by Gasteiger charge is -2.19. The molecule has 4 nitrogen and oxygen atoms in total. The van der Waals surface area contributed by atoms with E-state index in [4.69, 9.17) is 0 Å². The molecule has 0 bridgehead atoms.